The lowest BCUT2D eigenvalue weighted by Crippen LogP contribution is -2.30. The molecule has 0 fully saturated rings. The molecule has 0 aliphatic carbocycles. The first-order valence-electron chi connectivity index (χ1n) is 30.2. The molecule has 67 heavy (non-hydrogen) atoms. The maximum Gasteiger partial charge on any atom is 0.306 e. The van der Waals surface area contributed by atoms with Crippen LogP contribution in [0.2, 0.25) is 0 Å². The molecule has 0 aromatic heterocycles. The Hall–Kier alpha value is -1.85. The largest absolute Gasteiger partial charge is 0.462 e. The normalized spacial score (nSPS) is 12.0. The van der Waals surface area contributed by atoms with E-state index in [1.807, 2.05) is 0 Å². The van der Waals surface area contributed by atoms with Gasteiger partial charge in [0.05, 0.1) is 0 Å². The van der Waals surface area contributed by atoms with E-state index < -0.39 is 6.10 Å². The molecule has 0 bridgehead atoms. The quantitative estimate of drug-likeness (QED) is 0.0262. The molecule has 0 saturated heterocycles. The van der Waals surface area contributed by atoms with Crippen LogP contribution in [0.3, 0.4) is 0 Å². The van der Waals surface area contributed by atoms with Gasteiger partial charge in [-0.3, -0.25) is 14.4 Å². The van der Waals surface area contributed by atoms with Crippen LogP contribution in [-0.4, -0.2) is 37.2 Å². The van der Waals surface area contributed by atoms with Crippen molar-refractivity contribution in [2.24, 2.45) is 0 Å². The van der Waals surface area contributed by atoms with Crippen molar-refractivity contribution < 1.29 is 28.6 Å². The summed E-state index contributed by atoms with van der Waals surface area (Å²) in [5.74, 6) is -0.858. The zero-order chi connectivity index (χ0) is 48.6. The van der Waals surface area contributed by atoms with Crippen molar-refractivity contribution in [3.8, 4) is 0 Å². The molecule has 0 aromatic rings. The second-order valence-corrected chi connectivity index (χ2v) is 20.6. The highest BCUT2D eigenvalue weighted by Crippen LogP contribution is 2.18. The zero-order valence-electron chi connectivity index (χ0n) is 45.5. The first-order chi connectivity index (χ1) is 33.0. The van der Waals surface area contributed by atoms with Crippen molar-refractivity contribution in [3.05, 3.63) is 12.2 Å². The molecule has 1 unspecified atom stereocenters. The monoisotopic (exact) mass is 945 g/mol. The number of carbonyl (C=O) groups excluding carboxylic acids is 3. The minimum absolute atomic E-state index is 0.0679. The molecule has 396 valence electrons. The molecule has 0 amide bonds. The predicted molar refractivity (Wildman–Crippen MR) is 289 cm³/mol. The lowest BCUT2D eigenvalue weighted by molar-refractivity contribution is -0.167. The van der Waals surface area contributed by atoms with Crippen LogP contribution >= 0.6 is 0 Å². The number of rotatable bonds is 56. The maximum absolute atomic E-state index is 12.8. The third-order valence-corrected chi connectivity index (χ3v) is 13.8. The number of allylic oxidation sites excluding steroid dienone is 2. The van der Waals surface area contributed by atoms with Gasteiger partial charge in [-0.15, -0.1) is 0 Å². The van der Waals surface area contributed by atoms with Crippen LogP contribution in [0.25, 0.3) is 0 Å². The Bertz CT molecular complexity index is 1040. The maximum atomic E-state index is 12.8. The molecule has 0 radical (unpaired) electrons. The fourth-order valence-corrected chi connectivity index (χ4v) is 9.21. The lowest BCUT2D eigenvalue weighted by atomic mass is 10.0. The summed E-state index contributed by atoms with van der Waals surface area (Å²) in [6.45, 7) is 6.66. The predicted octanol–water partition coefficient (Wildman–Crippen LogP) is 20.1. The van der Waals surface area contributed by atoms with Crippen molar-refractivity contribution in [2.75, 3.05) is 13.2 Å². The van der Waals surface area contributed by atoms with E-state index in [2.05, 4.69) is 32.9 Å². The molecule has 6 nitrogen and oxygen atoms in total. The Balaban J connectivity index is 4.10. The average molecular weight is 946 g/mol. The molecular formula is C61H116O6. The van der Waals surface area contributed by atoms with E-state index in [-0.39, 0.29) is 31.1 Å². The number of ether oxygens (including phenoxy) is 3. The minimum atomic E-state index is -0.768. The summed E-state index contributed by atoms with van der Waals surface area (Å²) < 4.78 is 16.8. The number of esters is 3. The number of hydrogen-bond donors (Lipinski definition) is 0. The minimum Gasteiger partial charge on any atom is -0.462 e. The topological polar surface area (TPSA) is 78.9 Å². The average Bonchev–Trinajstić information content (AvgIpc) is 3.33. The van der Waals surface area contributed by atoms with Crippen molar-refractivity contribution in [1.29, 1.82) is 0 Å². The summed E-state index contributed by atoms with van der Waals surface area (Å²) in [6.07, 6.45) is 65.2. The molecule has 6 heteroatoms. The van der Waals surface area contributed by atoms with E-state index in [1.54, 1.807) is 0 Å². The molecule has 0 aliphatic rings. The van der Waals surface area contributed by atoms with Crippen LogP contribution < -0.4 is 0 Å². The summed E-state index contributed by atoms with van der Waals surface area (Å²) in [4.78, 5) is 38.0. The first kappa shape index (κ1) is 65.1. The summed E-state index contributed by atoms with van der Waals surface area (Å²) >= 11 is 0. The van der Waals surface area contributed by atoms with Crippen molar-refractivity contribution in [2.45, 2.75) is 348 Å². The number of unbranched alkanes of at least 4 members (excludes halogenated alkanes) is 43. The highest BCUT2D eigenvalue weighted by Gasteiger charge is 2.19. The van der Waals surface area contributed by atoms with Gasteiger partial charge in [-0.05, 0) is 44.9 Å². The van der Waals surface area contributed by atoms with Gasteiger partial charge in [0.25, 0.3) is 0 Å². The van der Waals surface area contributed by atoms with Crippen LogP contribution in [0.15, 0.2) is 12.2 Å². The van der Waals surface area contributed by atoms with E-state index in [9.17, 15) is 14.4 Å². The van der Waals surface area contributed by atoms with Crippen LogP contribution in [-0.2, 0) is 28.6 Å². The summed E-state index contributed by atoms with van der Waals surface area (Å²) in [5, 5.41) is 0. The van der Waals surface area contributed by atoms with Gasteiger partial charge in [-0.2, -0.15) is 0 Å². The smallest absolute Gasteiger partial charge is 0.306 e. The van der Waals surface area contributed by atoms with Crippen LogP contribution in [0.4, 0.5) is 0 Å². The third-order valence-electron chi connectivity index (χ3n) is 13.8. The van der Waals surface area contributed by atoms with Gasteiger partial charge in [0.2, 0.25) is 0 Å². The molecular weight excluding hydrogens is 829 g/mol. The molecule has 1 atom stereocenters. The van der Waals surface area contributed by atoms with Gasteiger partial charge in [-0.1, -0.05) is 290 Å². The Morgan fingerprint density at radius 2 is 0.493 bits per heavy atom. The Morgan fingerprint density at radius 3 is 0.746 bits per heavy atom. The van der Waals surface area contributed by atoms with E-state index in [0.29, 0.717) is 19.3 Å². The zero-order valence-corrected chi connectivity index (χ0v) is 45.5. The van der Waals surface area contributed by atoms with Crippen LogP contribution in [0.5, 0.6) is 0 Å². The summed E-state index contributed by atoms with van der Waals surface area (Å²) in [5.41, 5.74) is 0. The second kappa shape index (κ2) is 56.7. The highest BCUT2D eigenvalue weighted by molar-refractivity contribution is 5.71. The molecule has 0 spiro atoms. The molecule has 0 aliphatic heterocycles. The lowest BCUT2D eigenvalue weighted by Gasteiger charge is -2.18. The van der Waals surface area contributed by atoms with Gasteiger partial charge >= 0.3 is 17.9 Å². The molecule has 0 aromatic carbocycles. The second-order valence-electron chi connectivity index (χ2n) is 20.6. The van der Waals surface area contributed by atoms with Gasteiger partial charge in [-0.25, -0.2) is 0 Å². The van der Waals surface area contributed by atoms with Crippen LogP contribution in [0, 0.1) is 0 Å². The van der Waals surface area contributed by atoms with Crippen molar-refractivity contribution in [1.82, 2.24) is 0 Å². The number of hydrogen-bond acceptors (Lipinski definition) is 6. The van der Waals surface area contributed by atoms with Crippen LogP contribution in [0.1, 0.15) is 342 Å². The van der Waals surface area contributed by atoms with Gasteiger partial charge in [0.1, 0.15) is 13.2 Å². The molecule has 0 N–H and O–H groups in total. The fourth-order valence-electron chi connectivity index (χ4n) is 9.21. The van der Waals surface area contributed by atoms with E-state index in [1.165, 1.54) is 238 Å². The fraction of sp³-hybridized carbons (Fsp3) is 0.918. The summed E-state index contributed by atoms with van der Waals surface area (Å²) in [7, 11) is 0. The number of carbonyl (C=O) groups is 3. The third kappa shape index (κ3) is 55.0. The van der Waals surface area contributed by atoms with Gasteiger partial charge < -0.3 is 14.2 Å². The standard InChI is InChI=1S/C61H116O6/c1-4-7-10-13-16-19-21-23-25-27-28-29-30-31-32-33-34-35-37-38-40-42-45-48-51-54-60(63)66-57-58(56-65-59(62)53-50-47-44-18-15-12-9-6-3)67-61(64)55-52-49-46-43-41-39-36-26-24-22-20-17-14-11-8-5-2/h26,36,58H,4-25,27-35,37-57H2,1-3H3/b36-26-. The van der Waals surface area contributed by atoms with E-state index >= 15 is 0 Å². The first-order valence-corrected chi connectivity index (χ1v) is 30.2. The molecule has 0 rings (SSSR count). The Morgan fingerprint density at radius 1 is 0.284 bits per heavy atom. The Labute approximate surface area is 418 Å². The molecule has 0 saturated carbocycles. The van der Waals surface area contributed by atoms with Crippen molar-refractivity contribution in [3.63, 3.8) is 0 Å². The Kier molecular flexibility index (Phi) is 55.2. The van der Waals surface area contributed by atoms with E-state index in [0.717, 1.165) is 64.2 Å². The van der Waals surface area contributed by atoms with E-state index in [4.69, 9.17) is 14.2 Å². The molecule has 0 heterocycles. The van der Waals surface area contributed by atoms with Gasteiger partial charge in [0.15, 0.2) is 6.10 Å². The SMILES string of the molecule is CCCCCCCCC/C=C\CCCCCCCC(=O)OC(COC(=O)CCCCCCCCCC)COC(=O)CCCCCCCCCCCCCCCCCCCCCCCCCCC. The van der Waals surface area contributed by atoms with Crippen molar-refractivity contribution >= 4 is 17.9 Å². The highest BCUT2D eigenvalue weighted by atomic mass is 16.6. The summed E-state index contributed by atoms with van der Waals surface area (Å²) in [6, 6.07) is 0. The van der Waals surface area contributed by atoms with Gasteiger partial charge in [0, 0.05) is 19.3 Å².